The Kier molecular flexibility index (Phi) is 4.43. The van der Waals surface area contributed by atoms with E-state index in [0.717, 1.165) is 0 Å². The number of halogens is 1. The van der Waals surface area contributed by atoms with Crippen molar-refractivity contribution < 1.29 is 13.9 Å². The molecule has 1 heterocycles. The Morgan fingerprint density at radius 2 is 2.15 bits per heavy atom. The normalized spacial score (nSPS) is 21.8. The number of amides is 1. The number of hydrogen-bond donors (Lipinski definition) is 0. The van der Waals surface area contributed by atoms with Gasteiger partial charge >= 0.3 is 0 Å². The number of aryl methyl sites for hydroxylation is 1. The second-order valence-electron chi connectivity index (χ2n) is 6.03. The van der Waals surface area contributed by atoms with Gasteiger partial charge in [-0.05, 0) is 38.8 Å². The van der Waals surface area contributed by atoms with Gasteiger partial charge in [0.15, 0.2) is 0 Å². The zero-order valence-corrected chi connectivity index (χ0v) is 12.4. The Morgan fingerprint density at radius 3 is 2.85 bits per heavy atom. The summed E-state index contributed by atoms with van der Waals surface area (Å²) >= 11 is 0. The van der Waals surface area contributed by atoms with E-state index in [0.29, 0.717) is 31.6 Å². The molecular weight excluding hydrogens is 257 g/mol. The first-order valence-corrected chi connectivity index (χ1v) is 7.05. The van der Waals surface area contributed by atoms with Gasteiger partial charge in [0.1, 0.15) is 5.82 Å². The van der Waals surface area contributed by atoms with E-state index in [4.69, 9.17) is 4.74 Å². The first kappa shape index (κ1) is 15.0. The highest BCUT2D eigenvalue weighted by Gasteiger charge is 2.36. The predicted octanol–water partition coefficient (Wildman–Crippen LogP) is 2.78. The Balaban J connectivity index is 1.99. The van der Waals surface area contributed by atoms with Crippen molar-refractivity contribution >= 4 is 5.91 Å². The third kappa shape index (κ3) is 3.37. The smallest absolute Gasteiger partial charge is 0.223 e. The maximum absolute atomic E-state index is 13.6. The van der Waals surface area contributed by atoms with E-state index in [1.54, 1.807) is 18.2 Å². The molecule has 0 saturated carbocycles. The molecule has 4 heteroatoms. The Hall–Kier alpha value is -1.42. The summed E-state index contributed by atoms with van der Waals surface area (Å²) in [6, 6.07) is 6.62. The molecule has 0 aromatic heterocycles. The third-order valence-electron chi connectivity index (χ3n) is 3.76. The van der Waals surface area contributed by atoms with Crippen LogP contribution in [0.2, 0.25) is 0 Å². The molecule has 110 valence electrons. The Bertz CT molecular complexity index is 487. The second-order valence-corrected chi connectivity index (χ2v) is 6.03. The number of carbonyl (C=O) groups excluding carboxylic acids is 1. The lowest BCUT2D eigenvalue weighted by molar-refractivity contribution is -0.152. The molecule has 0 spiro atoms. The standard InChI is InChI=1S/C16H22FNO2/c1-12-10-18(16(2,3)11-20-12)15(19)9-8-13-6-4-5-7-14(13)17/h4-7,12H,8-11H2,1-3H3. The number of benzene rings is 1. The van der Waals surface area contributed by atoms with Gasteiger partial charge in [0, 0.05) is 13.0 Å². The zero-order valence-electron chi connectivity index (χ0n) is 12.4. The molecule has 1 aromatic carbocycles. The van der Waals surface area contributed by atoms with Crippen LogP contribution in [0, 0.1) is 5.82 Å². The van der Waals surface area contributed by atoms with Crippen LogP contribution in [0.3, 0.4) is 0 Å². The van der Waals surface area contributed by atoms with Gasteiger partial charge in [-0.1, -0.05) is 18.2 Å². The van der Waals surface area contributed by atoms with Gasteiger partial charge in [-0.15, -0.1) is 0 Å². The van der Waals surface area contributed by atoms with Crippen LogP contribution in [0.4, 0.5) is 4.39 Å². The number of ether oxygens (including phenoxy) is 1. The molecule has 3 nitrogen and oxygen atoms in total. The summed E-state index contributed by atoms with van der Waals surface area (Å²) in [5.41, 5.74) is 0.304. The number of morpholine rings is 1. The molecule has 0 N–H and O–H groups in total. The predicted molar refractivity (Wildman–Crippen MR) is 75.9 cm³/mol. The van der Waals surface area contributed by atoms with E-state index in [-0.39, 0.29) is 23.4 Å². The number of carbonyl (C=O) groups is 1. The fourth-order valence-corrected chi connectivity index (χ4v) is 2.50. The summed E-state index contributed by atoms with van der Waals surface area (Å²) in [5.74, 6) is -0.177. The van der Waals surface area contributed by atoms with E-state index in [2.05, 4.69) is 0 Å². The van der Waals surface area contributed by atoms with Crippen molar-refractivity contribution in [2.24, 2.45) is 0 Å². The highest BCUT2D eigenvalue weighted by molar-refractivity contribution is 5.77. The molecule has 1 aliphatic rings. The van der Waals surface area contributed by atoms with E-state index in [9.17, 15) is 9.18 Å². The second kappa shape index (κ2) is 5.92. The fourth-order valence-electron chi connectivity index (χ4n) is 2.50. The molecule has 1 aromatic rings. The van der Waals surface area contributed by atoms with Crippen LogP contribution in [0.25, 0.3) is 0 Å². The van der Waals surface area contributed by atoms with Crippen molar-refractivity contribution in [2.45, 2.75) is 45.3 Å². The molecule has 1 unspecified atom stereocenters. The number of nitrogens with zero attached hydrogens (tertiary/aromatic N) is 1. The Labute approximate surface area is 119 Å². The minimum absolute atomic E-state index is 0.0560. The minimum atomic E-state index is -0.293. The van der Waals surface area contributed by atoms with Crippen molar-refractivity contribution in [2.75, 3.05) is 13.2 Å². The van der Waals surface area contributed by atoms with Crippen molar-refractivity contribution in [3.63, 3.8) is 0 Å². The third-order valence-corrected chi connectivity index (χ3v) is 3.76. The van der Waals surface area contributed by atoms with E-state index in [1.807, 2.05) is 25.7 Å². The van der Waals surface area contributed by atoms with Crippen molar-refractivity contribution in [1.82, 2.24) is 4.90 Å². The van der Waals surface area contributed by atoms with Crippen molar-refractivity contribution in [3.05, 3.63) is 35.6 Å². The van der Waals surface area contributed by atoms with Crippen LogP contribution in [-0.2, 0) is 16.0 Å². The Morgan fingerprint density at radius 1 is 1.45 bits per heavy atom. The van der Waals surface area contributed by atoms with Crippen LogP contribution in [0.15, 0.2) is 24.3 Å². The summed E-state index contributed by atoms with van der Waals surface area (Å²) in [4.78, 5) is 14.3. The molecular formula is C16H22FNO2. The van der Waals surface area contributed by atoms with Crippen LogP contribution in [-0.4, -0.2) is 35.6 Å². The highest BCUT2D eigenvalue weighted by Crippen LogP contribution is 2.23. The lowest BCUT2D eigenvalue weighted by Crippen LogP contribution is -2.57. The molecule has 0 aliphatic carbocycles. The summed E-state index contributed by atoms with van der Waals surface area (Å²) in [6.07, 6.45) is 0.824. The largest absolute Gasteiger partial charge is 0.374 e. The van der Waals surface area contributed by atoms with Gasteiger partial charge in [-0.3, -0.25) is 4.79 Å². The van der Waals surface area contributed by atoms with E-state index >= 15 is 0 Å². The maximum Gasteiger partial charge on any atom is 0.223 e. The maximum atomic E-state index is 13.6. The van der Waals surface area contributed by atoms with E-state index < -0.39 is 0 Å². The molecule has 20 heavy (non-hydrogen) atoms. The zero-order chi connectivity index (χ0) is 14.8. The molecule has 2 rings (SSSR count). The highest BCUT2D eigenvalue weighted by atomic mass is 19.1. The molecule has 1 saturated heterocycles. The number of hydrogen-bond acceptors (Lipinski definition) is 2. The van der Waals surface area contributed by atoms with Crippen LogP contribution < -0.4 is 0 Å². The minimum Gasteiger partial charge on any atom is -0.374 e. The van der Waals surface area contributed by atoms with Crippen LogP contribution in [0.5, 0.6) is 0 Å². The van der Waals surface area contributed by atoms with Gasteiger partial charge in [-0.2, -0.15) is 0 Å². The first-order chi connectivity index (χ1) is 9.40. The SMILES string of the molecule is CC1CN(C(=O)CCc2ccccc2F)C(C)(C)CO1. The first-order valence-electron chi connectivity index (χ1n) is 7.05. The summed E-state index contributed by atoms with van der Waals surface area (Å²) in [5, 5.41) is 0. The summed E-state index contributed by atoms with van der Waals surface area (Å²) < 4.78 is 19.2. The van der Waals surface area contributed by atoms with Gasteiger partial charge in [0.2, 0.25) is 5.91 Å². The quantitative estimate of drug-likeness (QED) is 0.851. The van der Waals surface area contributed by atoms with Gasteiger partial charge in [-0.25, -0.2) is 4.39 Å². The molecule has 0 radical (unpaired) electrons. The number of rotatable bonds is 3. The molecule has 1 amide bonds. The topological polar surface area (TPSA) is 29.5 Å². The average Bonchev–Trinajstić information content (AvgIpc) is 2.40. The van der Waals surface area contributed by atoms with Crippen LogP contribution in [0.1, 0.15) is 32.8 Å². The summed E-state index contributed by atoms with van der Waals surface area (Å²) in [7, 11) is 0. The van der Waals surface area contributed by atoms with Crippen molar-refractivity contribution in [3.8, 4) is 0 Å². The van der Waals surface area contributed by atoms with Crippen molar-refractivity contribution in [1.29, 1.82) is 0 Å². The van der Waals surface area contributed by atoms with E-state index in [1.165, 1.54) is 6.07 Å². The van der Waals surface area contributed by atoms with Gasteiger partial charge in [0.25, 0.3) is 0 Å². The molecule has 1 atom stereocenters. The van der Waals surface area contributed by atoms with Crippen LogP contribution >= 0.6 is 0 Å². The molecule has 1 aliphatic heterocycles. The van der Waals surface area contributed by atoms with Gasteiger partial charge in [0.05, 0.1) is 18.2 Å². The average molecular weight is 279 g/mol. The molecule has 0 bridgehead atoms. The summed E-state index contributed by atoms with van der Waals surface area (Å²) in [6.45, 7) is 7.11. The fraction of sp³-hybridized carbons (Fsp3) is 0.562. The lowest BCUT2D eigenvalue weighted by Gasteiger charge is -2.44. The lowest BCUT2D eigenvalue weighted by atomic mass is 9.99. The molecule has 1 fully saturated rings. The van der Waals surface area contributed by atoms with Gasteiger partial charge < -0.3 is 9.64 Å². The monoisotopic (exact) mass is 279 g/mol.